The van der Waals surface area contributed by atoms with Gasteiger partial charge in [0.25, 0.3) is 0 Å². The van der Waals surface area contributed by atoms with Crippen LogP contribution in [0.15, 0.2) is 54.6 Å². The summed E-state index contributed by atoms with van der Waals surface area (Å²) in [6, 6.07) is 20.5. The predicted octanol–water partition coefficient (Wildman–Crippen LogP) is 3.26. The zero-order valence-electron chi connectivity index (χ0n) is 14.2. The van der Waals surface area contributed by atoms with Gasteiger partial charge in [-0.15, -0.1) is 0 Å². The number of rotatable bonds is 4. The Bertz CT molecular complexity index is 601. The van der Waals surface area contributed by atoms with Gasteiger partial charge in [-0.1, -0.05) is 109 Å². The average Bonchev–Trinajstić information content (AvgIpc) is 2.48. The maximum Gasteiger partial charge on any atom is 0.0791 e. The third-order valence-electron chi connectivity index (χ3n) is 5.20. The van der Waals surface area contributed by atoms with Crippen LogP contribution < -0.4 is 15.6 Å². The standard InChI is InChI=1S/C18H27Si3/c1-19(2)17-14-10-11-15-18(17)21(5,6)20(3,4)16-12-8-7-9-13-16/h7-15H,1-6H3. The molecule has 0 N–H and O–H groups in total. The summed E-state index contributed by atoms with van der Waals surface area (Å²) in [5.41, 5.74) is 0. The Hall–Kier alpha value is -0.909. The van der Waals surface area contributed by atoms with Crippen LogP contribution >= 0.6 is 0 Å². The van der Waals surface area contributed by atoms with Crippen LogP contribution in [0.1, 0.15) is 0 Å². The molecule has 0 fully saturated rings. The van der Waals surface area contributed by atoms with E-state index in [0.717, 1.165) is 0 Å². The molecule has 0 aromatic heterocycles. The molecule has 2 rings (SSSR count). The van der Waals surface area contributed by atoms with Crippen LogP contribution in [0.25, 0.3) is 0 Å². The van der Waals surface area contributed by atoms with Gasteiger partial charge in [0.2, 0.25) is 0 Å². The smallest absolute Gasteiger partial charge is 0.0671 e. The highest BCUT2D eigenvalue weighted by molar-refractivity contribution is 7.50. The lowest BCUT2D eigenvalue weighted by Gasteiger charge is -2.41. The average molecular weight is 328 g/mol. The fourth-order valence-corrected chi connectivity index (χ4v) is 15.2. The lowest BCUT2D eigenvalue weighted by molar-refractivity contribution is 1.69. The van der Waals surface area contributed by atoms with E-state index in [1.165, 1.54) is 0 Å². The summed E-state index contributed by atoms with van der Waals surface area (Å²) in [5, 5.41) is 4.98. The van der Waals surface area contributed by atoms with E-state index in [9.17, 15) is 0 Å². The molecule has 0 atom stereocenters. The summed E-state index contributed by atoms with van der Waals surface area (Å²) in [5.74, 6) is 0. The van der Waals surface area contributed by atoms with Crippen molar-refractivity contribution in [1.29, 1.82) is 0 Å². The molecule has 21 heavy (non-hydrogen) atoms. The van der Waals surface area contributed by atoms with Crippen molar-refractivity contribution in [2.24, 2.45) is 0 Å². The fourth-order valence-electron chi connectivity index (χ4n) is 3.02. The zero-order valence-corrected chi connectivity index (χ0v) is 17.2. The van der Waals surface area contributed by atoms with Gasteiger partial charge in [-0.2, -0.15) is 0 Å². The lowest BCUT2D eigenvalue weighted by Crippen LogP contribution is -2.72. The van der Waals surface area contributed by atoms with Gasteiger partial charge < -0.3 is 0 Å². The second-order valence-corrected chi connectivity index (χ2v) is 24.8. The van der Waals surface area contributed by atoms with Gasteiger partial charge in [0.05, 0.1) is 24.0 Å². The highest BCUT2D eigenvalue weighted by atomic mass is 29.3. The molecule has 0 saturated carbocycles. The molecule has 0 unspecified atom stereocenters. The highest BCUT2D eigenvalue weighted by Gasteiger charge is 2.44. The van der Waals surface area contributed by atoms with Crippen molar-refractivity contribution >= 4 is 39.5 Å². The molecule has 0 heterocycles. The largest absolute Gasteiger partial charge is 0.0791 e. The van der Waals surface area contributed by atoms with Crippen LogP contribution in [-0.4, -0.2) is 24.0 Å². The normalized spacial score (nSPS) is 12.7. The molecule has 0 amide bonds. The van der Waals surface area contributed by atoms with E-state index >= 15 is 0 Å². The predicted molar refractivity (Wildman–Crippen MR) is 104 cm³/mol. The first-order chi connectivity index (χ1) is 9.78. The van der Waals surface area contributed by atoms with Crippen LogP contribution in [0.2, 0.25) is 39.3 Å². The van der Waals surface area contributed by atoms with E-state index in [0.29, 0.717) is 0 Å². The molecule has 0 spiro atoms. The Morgan fingerprint density at radius 2 is 1.19 bits per heavy atom. The van der Waals surface area contributed by atoms with Crippen molar-refractivity contribution in [3.8, 4) is 0 Å². The second kappa shape index (κ2) is 6.07. The molecule has 0 bridgehead atoms. The molecule has 0 nitrogen and oxygen atoms in total. The summed E-state index contributed by atoms with van der Waals surface area (Å²) < 4.78 is 0. The van der Waals surface area contributed by atoms with Crippen LogP contribution in [0.4, 0.5) is 0 Å². The van der Waals surface area contributed by atoms with Crippen molar-refractivity contribution < 1.29 is 0 Å². The first-order valence-electron chi connectivity index (χ1n) is 7.74. The number of hydrogen-bond acceptors (Lipinski definition) is 0. The van der Waals surface area contributed by atoms with Gasteiger partial charge in [0, 0.05) is 0 Å². The minimum Gasteiger partial charge on any atom is -0.0671 e. The number of hydrogen-bond donors (Lipinski definition) is 0. The van der Waals surface area contributed by atoms with E-state index in [1.807, 2.05) is 0 Å². The van der Waals surface area contributed by atoms with Gasteiger partial charge in [0.1, 0.15) is 0 Å². The van der Waals surface area contributed by atoms with E-state index in [1.54, 1.807) is 15.6 Å². The van der Waals surface area contributed by atoms with E-state index in [2.05, 4.69) is 93.9 Å². The fraction of sp³-hybridized carbons (Fsp3) is 0.333. The monoisotopic (exact) mass is 327 g/mol. The van der Waals surface area contributed by atoms with Crippen molar-refractivity contribution in [1.82, 2.24) is 0 Å². The maximum atomic E-state index is 2.59. The maximum absolute atomic E-state index is 2.59. The van der Waals surface area contributed by atoms with Crippen molar-refractivity contribution in [3.05, 3.63) is 54.6 Å². The molecular formula is C18H27Si3. The number of benzene rings is 2. The Balaban J connectivity index is 2.56. The van der Waals surface area contributed by atoms with Crippen molar-refractivity contribution in [2.45, 2.75) is 39.3 Å². The SMILES string of the molecule is C[Si](C)c1ccccc1[Si](C)(C)[Si](C)(C)c1ccccc1. The topological polar surface area (TPSA) is 0 Å². The van der Waals surface area contributed by atoms with E-state index in [-0.39, 0.29) is 0 Å². The van der Waals surface area contributed by atoms with E-state index in [4.69, 9.17) is 0 Å². The minimum atomic E-state index is -1.49. The summed E-state index contributed by atoms with van der Waals surface area (Å²) in [4.78, 5) is 0. The first kappa shape index (κ1) is 16.5. The molecule has 0 aliphatic rings. The third-order valence-corrected chi connectivity index (χ3v) is 24.7. The van der Waals surface area contributed by atoms with Gasteiger partial charge in [0.15, 0.2) is 0 Å². The minimum absolute atomic E-state index is 0.408. The molecule has 0 aliphatic heterocycles. The van der Waals surface area contributed by atoms with E-state index < -0.39 is 24.0 Å². The zero-order chi connectivity index (χ0) is 15.7. The van der Waals surface area contributed by atoms with Crippen LogP contribution in [-0.2, 0) is 0 Å². The molecule has 0 saturated heterocycles. The molecule has 0 aliphatic carbocycles. The summed E-state index contributed by atoms with van der Waals surface area (Å²) >= 11 is 0. The summed E-state index contributed by atoms with van der Waals surface area (Å²) in [7, 11) is -3.37. The van der Waals surface area contributed by atoms with Crippen LogP contribution in [0.3, 0.4) is 0 Å². The molecule has 3 heteroatoms. The Morgan fingerprint density at radius 3 is 1.76 bits per heavy atom. The van der Waals surface area contributed by atoms with Crippen LogP contribution in [0, 0.1) is 0 Å². The molecule has 1 radical (unpaired) electrons. The van der Waals surface area contributed by atoms with Gasteiger partial charge in [-0.3, -0.25) is 0 Å². The second-order valence-electron chi connectivity index (χ2n) is 7.16. The lowest BCUT2D eigenvalue weighted by atomic mass is 10.4. The molecule has 2 aromatic carbocycles. The molecule has 111 valence electrons. The van der Waals surface area contributed by atoms with Gasteiger partial charge >= 0.3 is 0 Å². The molecular weight excluding hydrogens is 300 g/mol. The van der Waals surface area contributed by atoms with Gasteiger partial charge in [-0.25, -0.2) is 0 Å². The van der Waals surface area contributed by atoms with Gasteiger partial charge in [-0.05, 0) is 0 Å². The highest BCUT2D eigenvalue weighted by Crippen LogP contribution is 2.19. The van der Waals surface area contributed by atoms with Crippen molar-refractivity contribution in [2.75, 3.05) is 0 Å². The quantitative estimate of drug-likeness (QED) is 0.756. The van der Waals surface area contributed by atoms with Crippen LogP contribution in [0.5, 0.6) is 0 Å². The molecule has 2 aromatic rings. The summed E-state index contributed by atoms with van der Waals surface area (Å²) in [6.07, 6.45) is 0. The third kappa shape index (κ3) is 3.00. The Labute approximate surface area is 133 Å². The first-order valence-corrected chi connectivity index (χ1v) is 17.2. The Morgan fingerprint density at radius 1 is 0.667 bits per heavy atom. The summed E-state index contributed by atoms with van der Waals surface area (Å²) in [6.45, 7) is 15.2. The Kier molecular flexibility index (Phi) is 4.76. The van der Waals surface area contributed by atoms with Crippen molar-refractivity contribution in [3.63, 3.8) is 0 Å².